The molecule has 0 heterocycles. The van der Waals surface area contributed by atoms with Crippen LogP contribution < -0.4 is 5.73 Å². The van der Waals surface area contributed by atoms with Crippen LogP contribution in [0.2, 0.25) is 0 Å². The first-order chi connectivity index (χ1) is 10.5. The van der Waals surface area contributed by atoms with Crippen LogP contribution in [-0.2, 0) is 16.0 Å². The Morgan fingerprint density at radius 2 is 1.86 bits per heavy atom. The Morgan fingerprint density at radius 1 is 1.18 bits per heavy atom. The van der Waals surface area contributed by atoms with E-state index in [4.69, 9.17) is 5.73 Å². The van der Waals surface area contributed by atoms with Crippen LogP contribution in [0.4, 0.5) is 0 Å². The van der Waals surface area contributed by atoms with Gasteiger partial charge in [0, 0.05) is 0 Å². The van der Waals surface area contributed by atoms with Crippen LogP contribution in [0.25, 0.3) is 10.8 Å². The molecule has 4 heteroatoms. The van der Waals surface area contributed by atoms with Gasteiger partial charge in [-0.25, -0.2) is 0 Å². The number of hydrogen-bond donors (Lipinski definition) is 1. The molecule has 2 aromatic carbocycles. The van der Waals surface area contributed by atoms with Crippen molar-refractivity contribution >= 4 is 23.0 Å². The topological polar surface area (TPSA) is 63.4 Å². The third kappa shape index (κ3) is 3.34. The van der Waals surface area contributed by atoms with Gasteiger partial charge < -0.3 is 15.4 Å². The predicted molar refractivity (Wildman–Crippen MR) is 88.5 cm³/mol. The second kappa shape index (κ2) is 6.71. The largest absolute Gasteiger partial charge is 0.369 e. The van der Waals surface area contributed by atoms with E-state index in [0.717, 1.165) is 22.6 Å². The maximum atomic E-state index is 12.0. The quantitative estimate of drug-likeness (QED) is 0.628. The highest BCUT2D eigenvalue weighted by atomic mass is 16.2. The van der Waals surface area contributed by atoms with Gasteiger partial charge in [0.1, 0.15) is 11.7 Å². The summed E-state index contributed by atoms with van der Waals surface area (Å²) in [7, 11) is 3.82. The van der Waals surface area contributed by atoms with E-state index in [-0.39, 0.29) is 0 Å². The molecule has 0 aromatic heterocycles. The lowest BCUT2D eigenvalue weighted by Crippen LogP contribution is -2.42. The average molecular weight is 298 g/mol. The predicted octanol–water partition coefficient (Wildman–Crippen LogP) is 2.00. The number of hydrogen-bond acceptors (Lipinski definition) is 3. The molecule has 0 radical (unpaired) electrons. The molecule has 0 aliphatic carbocycles. The summed E-state index contributed by atoms with van der Waals surface area (Å²) in [5, 5.41) is 2.15. The normalized spacial score (nSPS) is 14.0. The minimum Gasteiger partial charge on any atom is -0.369 e. The third-order valence-electron chi connectivity index (χ3n) is 4.11. The molecule has 116 valence electrons. The number of benzene rings is 2. The second-order valence-electron chi connectivity index (χ2n) is 6.01. The van der Waals surface area contributed by atoms with E-state index in [2.05, 4.69) is 0 Å². The number of fused-ring (bicyclic) bond motifs is 1. The molecule has 1 amide bonds. The van der Waals surface area contributed by atoms with Crippen molar-refractivity contribution in [3.8, 4) is 0 Å². The highest BCUT2D eigenvalue weighted by Crippen LogP contribution is 2.29. The van der Waals surface area contributed by atoms with Crippen molar-refractivity contribution < 1.29 is 9.59 Å². The van der Waals surface area contributed by atoms with Gasteiger partial charge in [-0.2, -0.15) is 0 Å². The van der Waals surface area contributed by atoms with E-state index in [9.17, 15) is 9.59 Å². The number of primary amides is 1. The van der Waals surface area contributed by atoms with Gasteiger partial charge in [0.05, 0.1) is 0 Å². The fourth-order valence-corrected chi connectivity index (χ4v) is 2.67. The zero-order valence-electron chi connectivity index (χ0n) is 13.1. The first-order valence-electron chi connectivity index (χ1n) is 7.36. The van der Waals surface area contributed by atoms with Crippen LogP contribution in [0, 0.1) is 5.41 Å². The molecule has 4 nitrogen and oxygen atoms in total. The Labute approximate surface area is 130 Å². The van der Waals surface area contributed by atoms with Gasteiger partial charge in [-0.1, -0.05) is 42.5 Å². The molecule has 0 aliphatic rings. The molecule has 1 unspecified atom stereocenters. The fourth-order valence-electron chi connectivity index (χ4n) is 2.67. The Balaban J connectivity index is 2.41. The van der Waals surface area contributed by atoms with E-state index in [0.29, 0.717) is 19.4 Å². The Morgan fingerprint density at radius 3 is 2.50 bits per heavy atom. The number of aldehydes is 1. The molecule has 22 heavy (non-hydrogen) atoms. The molecule has 1 atom stereocenters. The lowest BCUT2D eigenvalue weighted by molar-refractivity contribution is -0.134. The number of nitrogens with two attached hydrogens (primary N) is 1. The van der Waals surface area contributed by atoms with E-state index in [1.165, 1.54) is 0 Å². The number of carbonyl (C=O) groups excluding carboxylic acids is 2. The SMILES string of the molecule is CN(C)CCC(C=O)(Cc1cccc2ccccc12)C(N)=O. The molecule has 0 saturated carbocycles. The maximum Gasteiger partial charge on any atom is 0.231 e. The fraction of sp³-hybridized carbons (Fsp3) is 0.333. The minimum atomic E-state index is -1.16. The Hall–Kier alpha value is -2.20. The Bertz CT molecular complexity index is 676. The maximum absolute atomic E-state index is 12.0. The summed E-state index contributed by atoms with van der Waals surface area (Å²) in [4.78, 5) is 25.6. The highest BCUT2D eigenvalue weighted by Gasteiger charge is 2.36. The van der Waals surface area contributed by atoms with E-state index in [1.54, 1.807) is 0 Å². The first-order valence-corrected chi connectivity index (χ1v) is 7.36. The third-order valence-corrected chi connectivity index (χ3v) is 4.11. The molecular weight excluding hydrogens is 276 g/mol. The number of rotatable bonds is 7. The lowest BCUT2D eigenvalue weighted by atomic mass is 9.78. The number of amides is 1. The van der Waals surface area contributed by atoms with Gasteiger partial charge in [-0.3, -0.25) is 4.79 Å². The van der Waals surface area contributed by atoms with Crippen LogP contribution in [0.5, 0.6) is 0 Å². The summed E-state index contributed by atoms with van der Waals surface area (Å²) in [6, 6.07) is 13.9. The molecular formula is C18H22N2O2. The minimum absolute atomic E-state index is 0.334. The number of carbonyl (C=O) groups is 2. The van der Waals surface area contributed by atoms with Crippen molar-refractivity contribution in [1.82, 2.24) is 4.90 Å². The van der Waals surface area contributed by atoms with Crippen molar-refractivity contribution in [1.29, 1.82) is 0 Å². The monoisotopic (exact) mass is 298 g/mol. The van der Waals surface area contributed by atoms with Gasteiger partial charge in [-0.15, -0.1) is 0 Å². The molecule has 0 saturated heterocycles. The van der Waals surface area contributed by atoms with Crippen LogP contribution in [0.1, 0.15) is 12.0 Å². The average Bonchev–Trinajstić information content (AvgIpc) is 2.51. The van der Waals surface area contributed by atoms with Crippen LogP contribution in [0.3, 0.4) is 0 Å². The summed E-state index contributed by atoms with van der Waals surface area (Å²) in [6.07, 6.45) is 1.48. The smallest absolute Gasteiger partial charge is 0.231 e. The molecule has 2 N–H and O–H groups in total. The van der Waals surface area contributed by atoms with Gasteiger partial charge in [0.15, 0.2) is 0 Å². The Kier molecular flexibility index (Phi) is 4.93. The van der Waals surface area contributed by atoms with Crippen LogP contribution in [0.15, 0.2) is 42.5 Å². The summed E-state index contributed by atoms with van der Waals surface area (Å²) in [5.74, 6) is -0.558. The molecule has 2 aromatic rings. The van der Waals surface area contributed by atoms with E-state index in [1.807, 2.05) is 61.5 Å². The summed E-state index contributed by atoms with van der Waals surface area (Å²) in [6.45, 7) is 0.631. The summed E-state index contributed by atoms with van der Waals surface area (Å²) in [5.41, 5.74) is 5.39. The van der Waals surface area contributed by atoms with Crippen molar-refractivity contribution in [3.05, 3.63) is 48.0 Å². The zero-order valence-corrected chi connectivity index (χ0v) is 13.1. The molecule has 2 rings (SSSR count). The molecule has 0 spiro atoms. The zero-order chi connectivity index (χ0) is 16.2. The summed E-state index contributed by atoms with van der Waals surface area (Å²) >= 11 is 0. The van der Waals surface area contributed by atoms with Crippen molar-refractivity contribution in [2.75, 3.05) is 20.6 Å². The molecule has 0 fully saturated rings. The molecule has 0 bridgehead atoms. The van der Waals surface area contributed by atoms with Crippen LogP contribution in [-0.4, -0.2) is 37.7 Å². The number of nitrogens with zero attached hydrogens (tertiary/aromatic N) is 1. The van der Waals surface area contributed by atoms with Gasteiger partial charge in [0.25, 0.3) is 0 Å². The van der Waals surface area contributed by atoms with Gasteiger partial charge in [0.2, 0.25) is 5.91 Å². The van der Waals surface area contributed by atoms with Crippen molar-refractivity contribution in [2.24, 2.45) is 11.1 Å². The van der Waals surface area contributed by atoms with Gasteiger partial charge in [-0.05, 0) is 49.8 Å². The van der Waals surface area contributed by atoms with Crippen molar-refractivity contribution in [2.45, 2.75) is 12.8 Å². The van der Waals surface area contributed by atoms with E-state index >= 15 is 0 Å². The summed E-state index contributed by atoms with van der Waals surface area (Å²) < 4.78 is 0. The van der Waals surface area contributed by atoms with Crippen molar-refractivity contribution in [3.63, 3.8) is 0 Å². The standard InChI is InChI=1S/C18H22N2O2/c1-20(2)11-10-18(13-21,17(19)22)12-15-8-5-7-14-6-3-4-9-16(14)15/h3-9,13H,10-12H2,1-2H3,(H2,19,22). The van der Waals surface area contributed by atoms with Crippen LogP contribution >= 0.6 is 0 Å². The first kappa shape index (κ1) is 16.2. The lowest BCUT2D eigenvalue weighted by Gasteiger charge is -2.26. The van der Waals surface area contributed by atoms with E-state index < -0.39 is 11.3 Å². The van der Waals surface area contributed by atoms with Gasteiger partial charge >= 0.3 is 0 Å². The highest BCUT2D eigenvalue weighted by molar-refractivity contribution is 5.97. The molecule has 0 aliphatic heterocycles. The second-order valence-corrected chi connectivity index (χ2v) is 6.01.